The molecule has 0 amide bonds. The van der Waals surface area contributed by atoms with Crippen LogP contribution in [0.25, 0.3) is 5.69 Å². The molecule has 0 atom stereocenters. The molecule has 0 radical (unpaired) electrons. The molecule has 128 valence electrons. The van der Waals surface area contributed by atoms with Crippen molar-refractivity contribution in [2.75, 3.05) is 7.11 Å². The van der Waals surface area contributed by atoms with Crippen molar-refractivity contribution in [1.82, 2.24) is 4.57 Å². The van der Waals surface area contributed by atoms with Gasteiger partial charge in [-0.15, -0.1) is 0 Å². The second-order valence-corrected chi connectivity index (χ2v) is 7.06. The summed E-state index contributed by atoms with van der Waals surface area (Å²) < 4.78 is 8.62. The lowest BCUT2D eigenvalue weighted by Crippen LogP contribution is -1.99. The Morgan fingerprint density at radius 2 is 1.80 bits per heavy atom. The van der Waals surface area contributed by atoms with Crippen LogP contribution in [0.4, 0.5) is 5.69 Å². The second-order valence-electron chi connectivity index (χ2n) is 5.71. The molecule has 5 heteroatoms. The number of aryl methyl sites for hydroxylation is 1. The number of hydrogen-bond acceptors (Lipinski definition) is 2. The van der Waals surface area contributed by atoms with Crippen LogP contribution < -0.4 is 4.74 Å². The Hall–Kier alpha value is -2.04. The number of rotatable bonds is 4. The van der Waals surface area contributed by atoms with Crippen LogP contribution in [-0.4, -0.2) is 17.9 Å². The fourth-order valence-electron chi connectivity index (χ4n) is 2.81. The highest BCUT2D eigenvalue weighted by molar-refractivity contribution is 9.10. The van der Waals surface area contributed by atoms with Gasteiger partial charge in [-0.2, -0.15) is 0 Å². The van der Waals surface area contributed by atoms with Crippen LogP contribution in [0.3, 0.4) is 0 Å². The van der Waals surface area contributed by atoms with Gasteiger partial charge in [0.15, 0.2) is 0 Å². The van der Waals surface area contributed by atoms with Crippen molar-refractivity contribution in [3.63, 3.8) is 0 Å². The van der Waals surface area contributed by atoms with E-state index in [1.54, 1.807) is 19.2 Å². The molecule has 3 aromatic rings. The molecule has 1 aromatic heterocycles. The minimum Gasteiger partial charge on any atom is -0.494 e. The van der Waals surface area contributed by atoms with Gasteiger partial charge in [-0.25, -0.2) is 0 Å². The summed E-state index contributed by atoms with van der Waals surface area (Å²) in [6, 6.07) is 15.8. The van der Waals surface area contributed by atoms with E-state index in [1.165, 1.54) is 0 Å². The first kappa shape index (κ1) is 17.8. The van der Waals surface area contributed by atoms with Crippen molar-refractivity contribution < 1.29 is 4.74 Å². The summed E-state index contributed by atoms with van der Waals surface area (Å²) in [4.78, 5) is 4.58. The second kappa shape index (κ2) is 7.46. The van der Waals surface area contributed by atoms with Gasteiger partial charge in [0.2, 0.25) is 0 Å². The molecule has 0 fully saturated rings. The number of aliphatic imine (C=N–C) groups is 1. The van der Waals surface area contributed by atoms with Gasteiger partial charge in [0.05, 0.1) is 7.11 Å². The predicted molar refractivity (Wildman–Crippen MR) is 108 cm³/mol. The lowest BCUT2D eigenvalue weighted by molar-refractivity contribution is 0.416. The van der Waals surface area contributed by atoms with E-state index in [2.05, 4.69) is 57.5 Å². The fraction of sp³-hybridized carbons (Fsp3) is 0.150. The highest BCUT2D eigenvalue weighted by Gasteiger charge is 2.10. The minimum absolute atomic E-state index is 0.633. The molecule has 1 heterocycles. The Balaban J connectivity index is 1.98. The predicted octanol–water partition coefficient (Wildman–Crippen LogP) is 6.27. The highest BCUT2D eigenvalue weighted by Crippen LogP contribution is 2.30. The molecule has 3 nitrogen and oxygen atoms in total. The maximum Gasteiger partial charge on any atom is 0.144 e. The van der Waals surface area contributed by atoms with Crippen LogP contribution in [0.15, 0.2) is 58.0 Å². The largest absolute Gasteiger partial charge is 0.494 e. The Morgan fingerprint density at radius 1 is 1.08 bits per heavy atom. The number of methoxy groups -OCH3 is 1. The summed E-state index contributed by atoms with van der Waals surface area (Å²) in [6.07, 6.45) is 1.85. The first-order chi connectivity index (χ1) is 12.0. The average molecular weight is 418 g/mol. The zero-order chi connectivity index (χ0) is 18.0. The SMILES string of the molecule is COc1ccc(Cl)cc1N=Cc1cc(C)n(-c2ccc(Br)cc2)c1C. The van der Waals surface area contributed by atoms with E-state index in [0.29, 0.717) is 16.5 Å². The number of halogens is 2. The fourth-order valence-corrected chi connectivity index (χ4v) is 3.24. The standard InChI is InChI=1S/C20H18BrClN2O/c1-13-10-15(12-23-19-11-17(22)6-9-20(19)25-3)14(2)24(13)18-7-4-16(21)5-8-18/h4-12H,1-3H3. The number of benzene rings is 2. The minimum atomic E-state index is 0.633. The topological polar surface area (TPSA) is 26.5 Å². The normalized spacial score (nSPS) is 11.2. The third-order valence-corrected chi connectivity index (χ3v) is 4.80. The van der Waals surface area contributed by atoms with E-state index in [9.17, 15) is 0 Å². The quantitative estimate of drug-likeness (QED) is 0.459. The summed E-state index contributed by atoms with van der Waals surface area (Å²) in [5, 5.41) is 0.633. The third kappa shape index (κ3) is 3.80. The molecular formula is C20H18BrClN2O. The molecule has 0 spiro atoms. The van der Waals surface area contributed by atoms with Crippen molar-refractivity contribution in [3.8, 4) is 11.4 Å². The molecule has 0 aliphatic heterocycles. The van der Waals surface area contributed by atoms with Crippen LogP contribution in [-0.2, 0) is 0 Å². The molecule has 0 aliphatic rings. The van der Waals surface area contributed by atoms with Crippen molar-refractivity contribution in [2.24, 2.45) is 4.99 Å². The lowest BCUT2D eigenvalue weighted by atomic mass is 10.2. The summed E-state index contributed by atoms with van der Waals surface area (Å²) >= 11 is 9.55. The smallest absolute Gasteiger partial charge is 0.144 e. The van der Waals surface area contributed by atoms with Crippen LogP contribution >= 0.6 is 27.5 Å². The van der Waals surface area contributed by atoms with Crippen LogP contribution in [0, 0.1) is 13.8 Å². The van der Waals surface area contributed by atoms with E-state index >= 15 is 0 Å². The Bertz CT molecular complexity index is 930. The van der Waals surface area contributed by atoms with E-state index in [0.717, 1.165) is 27.1 Å². The van der Waals surface area contributed by atoms with Gasteiger partial charge in [0.1, 0.15) is 11.4 Å². The van der Waals surface area contributed by atoms with Gasteiger partial charge >= 0.3 is 0 Å². The lowest BCUT2D eigenvalue weighted by Gasteiger charge is -2.09. The molecule has 0 unspecified atom stereocenters. The molecule has 25 heavy (non-hydrogen) atoms. The summed E-state index contributed by atoms with van der Waals surface area (Å²) in [5.41, 5.74) is 5.17. The van der Waals surface area contributed by atoms with Gasteiger partial charge in [0.25, 0.3) is 0 Å². The van der Waals surface area contributed by atoms with Crippen LogP contribution in [0.5, 0.6) is 5.75 Å². The summed E-state index contributed by atoms with van der Waals surface area (Å²) in [5.74, 6) is 0.697. The maximum atomic E-state index is 6.07. The number of ether oxygens (including phenoxy) is 1. The Morgan fingerprint density at radius 3 is 2.48 bits per heavy atom. The van der Waals surface area contributed by atoms with Crippen molar-refractivity contribution in [2.45, 2.75) is 13.8 Å². The molecule has 0 saturated heterocycles. The first-order valence-electron chi connectivity index (χ1n) is 7.82. The highest BCUT2D eigenvalue weighted by atomic mass is 79.9. The monoisotopic (exact) mass is 416 g/mol. The van der Waals surface area contributed by atoms with E-state index in [4.69, 9.17) is 16.3 Å². The average Bonchev–Trinajstić information content (AvgIpc) is 2.88. The van der Waals surface area contributed by atoms with Gasteiger partial charge in [-0.3, -0.25) is 4.99 Å². The van der Waals surface area contributed by atoms with Gasteiger partial charge in [-0.1, -0.05) is 27.5 Å². The van der Waals surface area contributed by atoms with Gasteiger partial charge in [0, 0.05) is 38.3 Å². The third-order valence-electron chi connectivity index (χ3n) is 4.04. The maximum absolute atomic E-state index is 6.07. The van der Waals surface area contributed by atoms with E-state index in [-0.39, 0.29) is 0 Å². The first-order valence-corrected chi connectivity index (χ1v) is 8.99. The van der Waals surface area contributed by atoms with Crippen molar-refractivity contribution >= 4 is 39.4 Å². The van der Waals surface area contributed by atoms with Gasteiger partial charge in [-0.05, 0) is 62.4 Å². The molecular weight excluding hydrogens is 400 g/mol. The van der Waals surface area contributed by atoms with E-state index < -0.39 is 0 Å². The Labute approximate surface area is 161 Å². The van der Waals surface area contributed by atoms with Gasteiger partial charge < -0.3 is 9.30 Å². The molecule has 0 saturated carbocycles. The molecule has 2 aromatic carbocycles. The summed E-state index contributed by atoms with van der Waals surface area (Å²) in [7, 11) is 1.63. The van der Waals surface area contributed by atoms with E-state index in [1.807, 2.05) is 24.4 Å². The molecule has 0 aliphatic carbocycles. The number of hydrogen-bond donors (Lipinski definition) is 0. The zero-order valence-corrected chi connectivity index (χ0v) is 16.6. The van der Waals surface area contributed by atoms with Crippen LogP contribution in [0.1, 0.15) is 17.0 Å². The van der Waals surface area contributed by atoms with Crippen molar-refractivity contribution in [3.05, 3.63) is 75.0 Å². The summed E-state index contributed by atoms with van der Waals surface area (Å²) in [6.45, 7) is 4.18. The Kier molecular flexibility index (Phi) is 5.30. The molecule has 0 bridgehead atoms. The number of nitrogens with zero attached hydrogens (tertiary/aromatic N) is 2. The van der Waals surface area contributed by atoms with Crippen molar-refractivity contribution in [1.29, 1.82) is 0 Å². The molecule has 0 N–H and O–H groups in total. The number of aromatic nitrogens is 1. The molecule has 3 rings (SSSR count). The van der Waals surface area contributed by atoms with Crippen LogP contribution in [0.2, 0.25) is 5.02 Å². The zero-order valence-electron chi connectivity index (χ0n) is 14.3.